The highest BCUT2D eigenvalue weighted by Crippen LogP contribution is 2.49. The van der Waals surface area contributed by atoms with Gasteiger partial charge in [-0.05, 0) is 83.0 Å². The standard InChI is InChI=1S/C91H167O25P/c1-6-10-14-18-22-25-28-31-32-33-36-38-41-44-51-57-63-75(94)108-69-73-79(98)81(100)85(104)91(112-73)115-88-86(113-77(96)65-59-52-45-42-39-35-30-27-24-20-16-12-8-3)82(101)83(102)87(114-90-84(103)80(99)78(97)72(66-92)111-90)89(88)116-117(105,106)109-68-71(67-107-74(93)62-56-50-43-40-37-34-29-26-23-19-15-11-7-2)110-76(95)64-58-53-47-46-49-55-61-70(5)60-54-48-21-17-13-9-4/h34-35,37,39,70-73,78-92,97-104H,6-33,36,38,40-69H2,1-5H3,(H,105,106)/b37-34-,39-35-. The van der Waals surface area contributed by atoms with Crippen LogP contribution < -0.4 is 0 Å². The third-order valence-corrected chi connectivity index (χ3v) is 24.1. The maximum absolute atomic E-state index is 14.9. The van der Waals surface area contributed by atoms with Crippen molar-refractivity contribution in [2.75, 3.05) is 26.4 Å². The van der Waals surface area contributed by atoms with Crippen LogP contribution >= 0.6 is 7.82 Å². The summed E-state index contributed by atoms with van der Waals surface area (Å²) in [4.78, 5) is 66.4. The summed E-state index contributed by atoms with van der Waals surface area (Å²) in [6, 6.07) is 0. The second kappa shape index (κ2) is 69.3. The van der Waals surface area contributed by atoms with E-state index in [-0.39, 0.29) is 32.1 Å². The summed E-state index contributed by atoms with van der Waals surface area (Å²) >= 11 is 0. The van der Waals surface area contributed by atoms with Crippen LogP contribution in [0.25, 0.3) is 0 Å². The van der Waals surface area contributed by atoms with E-state index in [0.29, 0.717) is 44.4 Å². The molecule has 1 saturated carbocycles. The molecule has 0 amide bonds. The van der Waals surface area contributed by atoms with E-state index >= 15 is 0 Å². The van der Waals surface area contributed by atoms with Gasteiger partial charge in [-0.1, -0.05) is 316 Å². The number of phosphoric ester groups is 1. The van der Waals surface area contributed by atoms with Gasteiger partial charge in [-0.3, -0.25) is 28.2 Å². The molecule has 2 heterocycles. The molecule has 10 N–H and O–H groups in total. The monoisotopic (exact) mass is 1690 g/mol. The van der Waals surface area contributed by atoms with Crippen LogP contribution in [0.3, 0.4) is 0 Å². The fourth-order valence-electron chi connectivity index (χ4n) is 15.5. The Morgan fingerprint density at radius 3 is 1.11 bits per heavy atom. The van der Waals surface area contributed by atoms with Crippen molar-refractivity contribution < 1.29 is 122 Å². The Labute approximate surface area is 704 Å². The number of rotatable bonds is 75. The number of ether oxygens (including phenoxy) is 8. The number of carbonyl (C=O) groups excluding carboxylic acids is 4. The third kappa shape index (κ3) is 49.9. The van der Waals surface area contributed by atoms with Crippen molar-refractivity contribution in [2.45, 2.75) is 498 Å². The highest BCUT2D eigenvalue weighted by atomic mass is 31.2. The third-order valence-electron chi connectivity index (χ3n) is 23.1. The van der Waals surface area contributed by atoms with Crippen LogP contribution in [0.2, 0.25) is 0 Å². The molecule has 19 atom stereocenters. The van der Waals surface area contributed by atoms with Gasteiger partial charge in [0.1, 0.15) is 92.6 Å². The van der Waals surface area contributed by atoms with Crippen molar-refractivity contribution in [1.29, 1.82) is 0 Å². The number of unbranched alkanes of at least 4 members (excludes halogenated alkanes) is 43. The van der Waals surface area contributed by atoms with Crippen LogP contribution in [0.15, 0.2) is 24.3 Å². The molecule has 686 valence electrons. The molecule has 0 aromatic rings. The molecule has 0 aromatic heterocycles. The molecule has 1 aliphatic carbocycles. The van der Waals surface area contributed by atoms with E-state index in [1.807, 2.05) is 0 Å². The van der Waals surface area contributed by atoms with Gasteiger partial charge in [-0.15, -0.1) is 0 Å². The molecule has 25 nitrogen and oxygen atoms in total. The Hall–Kier alpha value is -3.05. The Bertz CT molecular complexity index is 2550. The highest BCUT2D eigenvalue weighted by molar-refractivity contribution is 7.47. The van der Waals surface area contributed by atoms with Gasteiger partial charge in [-0.25, -0.2) is 4.57 Å². The normalized spacial score (nSPS) is 25.4. The average Bonchev–Trinajstić information content (AvgIpc) is 0.754. The van der Waals surface area contributed by atoms with Gasteiger partial charge >= 0.3 is 31.7 Å². The molecule has 117 heavy (non-hydrogen) atoms. The van der Waals surface area contributed by atoms with Gasteiger partial charge < -0.3 is 88.7 Å². The summed E-state index contributed by atoms with van der Waals surface area (Å²) in [5.74, 6) is -2.33. The number of aliphatic hydroxyl groups excluding tert-OH is 9. The minimum absolute atomic E-state index is 0.0133. The maximum Gasteiger partial charge on any atom is 0.472 e. The summed E-state index contributed by atoms with van der Waals surface area (Å²) in [5.41, 5.74) is 0. The van der Waals surface area contributed by atoms with E-state index in [1.54, 1.807) is 0 Å². The summed E-state index contributed by atoms with van der Waals surface area (Å²) < 4.78 is 73.4. The van der Waals surface area contributed by atoms with Gasteiger partial charge in [0, 0.05) is 25.7 Å². The summed E-state index contributed by atoms with van der Waals surface area (Å²) in [7, 11) is -5.81. The van der Waals surface area contributed by atoms with Crippen molar-refractivity contribution in [3.8, 4) is 0 Å². The zero-order valence-electron chi connectivity index (χ0n) is 73.2. The average molecular weight is 1690 g/mol. The Morgan fingerprint density at radius 2 is 0.692 bits per heavy atom. The molecule has 3 fully saturated rings. The van der Waals surface area contributed by atoms with E-state index in [9.17, 15) is 74.6 Å². The predicted octanol–water partition coefficient (Wildman–Crippen LogP) is 17.2. The largest absolute Gasteiger partial charge is 0.472 e. The van der Waals surface area contributed by atoms with Crippen LogP contribution in [0.1, 0.15) is 394 Å². The molecular weight excluding hydrogens is 1520 g/mol. The first-order chi connectivity index (χ1) is 56.6. The first-order valence-electron chi connectivity index (χ1n) is 47.0. The van der Waals surface area contributed by atoms with E-state index < -0.39 is 162 Å². The molecule has 26 heteroatoms. The lowest BCUT2D eigenvalue weighted by molar-refractivity contribution is -0.360. The van der Waals surface area contributed by atoms with Crippen LogP contribution in [0.4, 0.5) is 0 Å². The topological polar surface area (TPSA) is 380 Å². The van der Waals surface area contributed by atoms with Crippen LogP contribution in [0, 0.1) is 5.92 Å². The van der Waals surface area contributed by atoms with Crippen LogP contribution in [-0.4, -0.2) is 205 Å². The quantitative estimate of drug-likeness (QED) is 0.00889. The van der Waals surface area contributed by atoms with Gasteiger partial charge in [-0.2, -0.15) is 0 Å². The summed E-state index contributed by atoms with van der Waals surface area (Å²) in [6.07, 6.45) is 27.6. The SMILES string of the molecule is CCCCCCCC/C=C\CCCCCC(=O)OCC(COP(=O)(O)OC1C(OC2OC(CO)C(O)C(O)C2O)C(O)C(O)C(OC(=O)CCCCC/C=C\CCCCCCCC)C1OC1OC(COC(=O)CCCCCCCCCCCCCCCCCC)C(O)C(O)C1O)OC(=O)CCCCCCCCC(C)CCCCCCCC. The lowest BCUT2D eigenvalue weighted by Crippen LogP contribution is -2.70. The van der Waals surface area contributed by atoms with Crippen LogP contribution in [0.5, 0.6) is 0 Å². The lowest BCUT2D eigenvalue weighted by Gasteiger charge is -2.50. The molecule has 0 aromatic carbocycles. The zero-order valence-corrected chi connectivity index (χ0v) is 74.1. The van der Waals surface area contributed by atoms with Crippen molar-refractivity contribution in [1.82, 2.24) is 0 Å². The van der Waals surface area contributed by atoms with Crippen molar-refractivity contribution in [3.05, 3.63) is 24.3 Å². The van der Waals surface area contributed by atoms with E-state index in [0.717, 1.165) is 116 Å². The molecule has 2 aliphatic heterocycles. The van der Waals surface area contributed by atoms with Crippen molar-refractivity contribution in [3.63, 3.8) is 0 Å². The number of carbonyl (C=O) groups is 4. The number of esters is 4. The Balaban J connectivity index is 1.92. The molecule has 0 radical (unpaired) electrons. The second-order valence-electron chi connectivity index (χ2n) is 33.8. The number of allylic oxidation sites excluding steroid dienone is 4. The van der Waals surface area contributed by atoms with Crippen LogP contribution in [-0.2, 0) is 70.7 Å². The molecule has 0 bridgehead atoms. The zero-order chi connectivity index (χ0) is 85.5. The number of hydrogen-bond donors (Lipinski definition) is 10. The minimum Gasteiger partial charge on any atom is -0.463 e. The minimum atomic E-state index is -5.81. The molecule has 3 aliphatic rings. The number of hydrogen-bond acceptors (Lipinski definition) is 24. The van der Waals surface area contributed by atoms with Gasteiger partial charge in [0.15, 0.2) is 24.8 Å². The highest BCUT2D eigenvalue weighted by Gasteiger charge is 2.60. The summed E-state index contributed by atoms with van der Waals surface area (Å²) in [6.45, 7) is 7.88. The van der Waals surface area contributed by atoms with Gasteiger partial charge in [0.25, 0.3) is 0 Å². The smallest absolute Gasteiger partial charge is 0.463 e. The Morgan fingerprint density at radius 1 is 0.359 bits per heavy atom. The van der Waals surface area contributed by atoms with Crippen molar-refractivity contribution in [2.24, 2.45) is 5.92 Å². The fourth-order valence-corrected chi connectivity index (χ4v) is 16.5. The van der Waals surface area contributed by atoms with Gasteiger partial charge in [0.2, 0.25) is 0 Å². The molecule has 2 saturated heterocycles. The van der Waals surface area contributed by atoms with E-state index in [4.69, 9.17) is 46.9 Å². The molecule has 19 unspecified atom stereocenters. The molecular formula is C91H167O25P. The predicted molar refractivity (Wildman–Crippen MR) is 453 cm³/mol. The fraction of sp³-hybridized carbons (Fsp3) is 0.912. The lowest BCUT2D eigenvalue weighted by atomic mass is 9.84. The second-order valence-corrected chi connectivity index (χ2v) is 35.2. The maximum atomic E-state index is 14.9. The van der Waals surface area contributed by atoms with E-state index in [1.165, 1.54) is 173 Å². The first kappa shape index (κ1) is 108. The van der Waals surface area contributed by atoms with E-state index in [2.05, 4.69) is 58.9 Å². The molecule has 3 rings (SSSR count). The number of aliphatic hydroxyl groups is 9. The Kier molecular flexibility index (Phi) is 64.0. The van der Waals surface area contributed by atoms with Gasteiger partial charge in [0.05, 0.1) is 13.2 Å². The first-order valence-corrected chi connectivity index (χ1v) is 48.5. The number of phosphoric acid groups is 1. The molecule has 0 spiro atoms. The van der Waals surface area contributed by atoms with Crippen molar-refractivity contribution >= 4 is 31.7 Å². The summed E-state index contributed by atoms with van der Waals surface area (Å²) in [5, 5.41) is 102.